The first-order valence-corrected chi connectivity index (χ1v) is 10.2. The highest BCUT2D eigenvalue weighted by molar-refractivity contribution is 5.75. The lowest BCUT2D eigenvalue weighted by molar-refractivity contribution is -0.195. The van der Waals surface area contributed by atoms with Crippen molar-refractivity contribution >= 4 is 11.9 Å². The maximum absolute atomic E-state index is 12.2. The summed E-state index contributed by atoms with van der Waals surface area (Å²) in [5.41, 5.74) is 0.477. The van der Waals surface area contributed by atoms with E-state index in [9.17, 15) is 14.7 Å². The highest BCUT2D eigenvalue weighted by atomic mass is 16.5. The summed E-state index contributed by atoms with van der Waals surface area (Å²) in [5, 5.41) is 10.0. The Bertz CT molecular complexity index is 669. The molecule has 4 fully saturated rings. The molecule has 4 saturated carbocycles. The topological polar surface area (TPSA) is 63.6 Å². The number of rotatable bonds is 2. The summed E-state index contributed by atoms with van der Waals surface area (Å²) in [6, 6.07) is 0. The number of carbonyl (C=O) groups excluding carboxylic acids is 1. The lowest BCUT2D eigenvalue weighted by Gasteiger charge is -2.63. The minimum Gasteiger partial charge on any atom is -0.481 e. The van der Waals surface area contributed by atoms with Gasteiger partial charge in [0.15, 0.2) is 0 Å². The molecule has 0 saturated heterocycles. The fourth-order valence-electron chi connectivity index (χ4n) is 7.95. The molecule has 2 bridgehead atoms. The minimum atomic E-state index is -0.634. The van der Waals surface area contributed by atoms with Crippen LogP contribution in [0.5, 0.6) is 0 Å². The van der Waals surface area contributed by atoms with Crippen molar-refractivity contribution in [2.45, 2.75) is 78.2 Å². The highest BCUT2D eigenvalue weighted by Crippen LogP contribution is 2.72. The summed E-state index contributed by atoms with van der Waals surface area (Å²) in [7, 11) is 0. The number of hydrogen-bond donors (Lipinski definition) is 1. The molecule has 4 heteroatoms. The van der Waals surface area contributed by atoms with Crippen LogP contribution in [0.3, 0.4) is 0 Å². The molecule has 4 aliphatic rings. The molecule has 0 aromatic heterocycles. The van der Waals surface area contributed by atoms with E-state index >= 15 is 0 Å². The number of esters is 1. The first-order valence-electron chi connectivity index (χ1n) is 10.2. The Balaban J connectivity index is 1.77. The Morgan fingerprint density at radius 1 is 1.12 bits per heavy atom. The summed E-state index contributed by atoms with van der Waals surface area (Å²) < 4.78 is 5.87. The lowest BCUT2D eigenvalue weighted by atomic mass is 9.40. The quantitative estimate of drug-likeness (QED) is 0.578. The Morgan fingerprint density at radius 3 is 2.50 bits per heavy atom. The van der Waals surface area contributed by atoms with E-state index in [0.717, 1.165) is 56.9 Å². The molecule has 1 N–H and O–H groups in total. The Kier molecular flexibility index (Phi) is 3.88. The van der Waals surface area contributed by atoms with Crippen molar-refractivity contribution in [1.29, 1.82) is 0 Å². The molecule has 0 unspecified atom stereocenters. The molecule has 26 heavy (non-hydrogen) atoms. The van der Waals surface area contributed by atoms with Crippen LogP contribution < -0.4 is 0 Å². The molecule has 144 valence electrons. The van der Waals surface area contributed by atoms with Crippen LogP contribution in [-0.4, -0.2) is 23.1 Å². The summed E-state index contributed by atoms with van der Waals surface area (Å²) in [5.74, 6) is 0.242. The molecular formula is C22H32O4. The lowest BCUT2D eigenvalue weighted by Crippen LogP contribution is -2.60. The molecule has 0 aliphatic heterocycles. The second-order valence-corrected chi connectivity index (χ2v) is 10.0. The third-order valence-electron chi connectivity index (χ3n) is 8.95. The SMILES string of the molecule is C=C1[C@H]2CC[C@H]3[C@@]4(C)CCC[C@@](C)(C(=O)O)[C@H]4CC[C@]3(C2)[C@@H]1OC(C)=O. The van der Waals surface area contributed by atoms with Gasteiger partial charge in [-0.05, 0) is 80.6 Å². The summed E-state index contributed by atoms with van der Waals surface area (Å²) >= 11 is 0. The zero-order valence-electron chi connectivity index (χ0n) is 16.3. The summed E-state index contributed by atoms with van der Waals surface area (Å²) in [6.07, 6.45) is 7.86. The molecule has 0 radical (unpaired) electrons. The summed E-state index contributed by atoms with van der Waals surface area (Å²) in [6.45, 7) is 10.1. The van der Waals surface area contributed by atoms with Gasteiger partial charge in [-0.2, -0.15) is 0 Å². The van der Waals surface area contributed by atoms with Gasteiger partial charge in [-0.3, -0.25) is 9.59 Å². The number of ether oxygens (including phenoxy) is 1. The van der Waals surface area contributed by atoms with E-state index in [4.69, 9.17) is 4.74 Å². The van der Waals surface area contributed by atoms with E-state index < -0.39 is 11.4 Å². The Hall–Kier alpha value is -1.32. The van der Waals surface area contributed by atoms with Gasteiger partial charge in [0.2, 0.25) is 0 Å². The molecule has 0 amide bonds. The number of carbonyl (C=O) groups is 2. The number of carboxylic acids is 1. The van der Waals surface area contributed by atoms with Gasteiger partial charge < -0.3 is 9.84 Å². The van der Waals surface area contributed by atoms with Crippen LogP contribution in [0.4, 0.5) is 0 Å². The predicted octanol–water partition coefficient (Wildman–Crippen LogP) is 4.58. The van der Waals surface area contributed by atoms with Crippen LogP contribution in [-0.2, 0) is 14.3 Å². The van der Waals surface area contributed by atoms with Crippen molar-refractivity contribution in [3.63, 3.8) is 0 Å². The van der Waals surface area contributed by atoms with Crippen LogP contribution >= 0.6 is 0 Å². The van der Waals surface area contributed by atoms with E-state index in [0.29, 0.717) is 11.8 Å². The number of hydrogen-bond acceptors (Lipinski definition) is 3. The molecule has 1 spiro atoms. The first-order chi connectivity index (χ1) is 12.1. The van der Waals surface area contributed by atoms with Crippen LogP contribution in [0.2, 0.25) is 0 Å². The fourth-order valence-corrected chi connectivity index (χ4v) is 7.95. The van der Waals surface area contributed by atoms with E-state index in [-0.39, 0.29) is 28.8 Å². The van der Waals surface area contributed by atoms with Crippen molar-refractivity contribution in [3.05, 3.63) is 12.2 Å². The molecule has 0 aromatic rings. The van der Waals surface area contributed by atoms with Crippen molar-refractivity contribution in [2.75, 3.05) is 0 Å². The zero-order valence-corrected chi connectivity index (χ0v) is 16.3. The number of carboxylic acid groups (broad SMARTS) is 1. The zero-order chi connectivity index (χ0) is 18.9. The second-order valence-electron chi connectivity index (χ2n) is 10.0. The van der Waals surface area contributed by atoms with Gasteiger partial charge in [0.25, 0.3) is 0 Å². The van der Waals surface area contributed by atoms with Gasteiger partial charge >= 0.3 is 11.9 Å². The normalized spacial score (nSPS) is 49.9. The van der Waals surface area contributed by atoms with Gasteiger partial charge in [-0.1, -0.05) is 19.9 Å². The van der Waals surface area contributed by atoms with Crippen LogP contribution in [0, 0.1) is 34.0 Å². The molecule has 0 aromatic carbocycles. The van der Waals surface area contributed by atoms with E-state index in [2.05, 4.69) is 13.5 Å². The molecular weight excluding hydrogens is 328 g/mol. The molecule has 4 aliphatic carbocycles. The monoisotopic (exact) mass is 360 g/mol. The van der Waals surface area contributed by atoms with Gasteiger partial charge in [-0.15, -0.1) is 0 Å². The van der Waals surface area contributed by atoms with Gasteiger partial charge in [0.1, 0.15) is 6.10 Å². The predicted molar refractivity (Wildman–Crippen MR) is 98.4 cm³/mol. The van der Waals surface area contributed by atoms with Gasteiger partial charge in [0.05, 0.1) is 5.41 Å². The maximum atomic E-state index is 12.2. The molecule has 7 atom stereocenters. The second kappa shape index (κ2) is 5.59. The van der Waals surface area contributed by atoms with E-state index in [1.54, 1.807) is 0 Å². The minimum absolute atomic E-state index is 0.0115. The highest BCUT2D eigenvalue weighted by Gasteiger charge is 2.68. The van der Waals surface area contributed by atoms with E-state index in [1.807, 2.05) is 6.92 Å². The van der Waals surface area contributed by atoms with Gasteiger partial charge in [-0.25, -0.2) is 0 Å². The van der Waals surface area contributed by atoms with Crippen molar-refractivity contribution < 1.29 is 19.4 Å². The van der Waals surface area contributed by atoms with Crippen molar-refractivity contribution in [1.82, 2.24) is 0 Å². The van der Waals surface area contributed by atoms with Crippen molar-refractivity contribution in [2.24, 2.45) is 34.0 Å². The Labute approximate surface area is 156 Å². The fraction of sp³-hybridized carbons (Fsp3) is 0.818. The largest absolute Gasteiger partial charge is 0.481 e. The van der Waals surface area contributed by atoms with Crippen molar-refractivity contribution in [3.8, 4) is 0 Å². The molecule has 4 rings (SSSR count). The van der Waals surface area contributed by atoms with Crippen LogP contribution in [0.15, 0.2) is 12.2 Å². The van der Waals surface area contributed by atoms with E-state index in [1.165, 1.54) is 6.92 Å². The third kappa shape index (κ3) is 2.13. The van der Waals surface area contributed by atoms with Gasteiger partial charge in [0, 0.05) is 12.3 Å². The van der Waals surface area contributed by atoms with Crippen LogP contribution in [0.25, 0.3) is 0 Å². The maximum Gasteiger partial charge on any atom is 0.309 e. The smallest absolute Gasteiger partial charge is 0.309 e. The number of fused-ring (bicyclic) bond motifs is 3. The van der Waals surface area contributed by atoms with Crippen LogP contribution in [0.1, 0.15) is 72.1 Å². The Morgan fingerprint density at radius 2 is 1.85 bits per heavy atom. The number of aliphatic carboxylic acids is 1. The average molecular weight is 360 g/mol. The first kappa shape index (κ1) is 18.1. The third-order valence-corrected chi connectivity index (χ3v) is 8.95. The molecule has 4 nitrogen and oxygen atoms in total. The average Bonchev–Trinajstić information content (AvgIpc) is 2.75. The molecule has 0 heterocycles. The summed E-state index contributed by atoms with van der Waals surface area (Å²) in [4.78, 5) is 24.0. The standard InChI is InChI=1S/C22H32O4/c1-13-15-6-7-17-20(3)9-5-10-21(4,19(24)25)16(20)8-11-22(17,12-15)18(13)26-14(2)23/h15-18H,1,5-12H2,2-4H3,(H,24,25)/t15-,16-,17-,18+,20-,21+,22+/m0/s1.